The maximum absolute atomic E-state index is 12.6. The normalized spacial score (nSPS) is 13.3. The molecule has 0 saturated carbocycles. The minimum Gasteiger partial charge on any atom is -0.411 e. The highest BCUT2D eigenvalue weighted by Gasteiger charge is 2.20. The van der Waals surface area contributed by atoms with Crippen LogP contribution in [0.5, 0.6) is 0 Å². The summed E-state index contributed by atoms with van der Waals surface area (Å²) < 4.78 is 7.56. The molecule has 7 nitrogen and oxygen atoms in total. The number of hydrogen-bond donors (Lipinski definition) is 1. The van der Waals surface area contributed by atoms with Crippen molar-refractivity contribution in [3.8, 4) is 11.5 Å². The highest BCUT2D eigenvalue weighted by atomic mass is 32.2. The maximum Gasteiger partial charge on any atom is 0.277 e. The van der Waals surface area contributed by atoms with Gasteiger partial charge in [0, 0.05) is 11.6 Å². The fourth-order valence-electron chi connectivity index (χ4n) is 2.62. The Bertz CT molecular complexity index is 965. The monoisotopic (exact) mass is 399 g/mol. The van der Waals surface area contributed by atoms with Gasteiger partial charge < -0.3 is 9.73 Å². The van der Waals surface area contributed by atoms with Crippen LogP contribution in [0.3, 0.4) is 0 Å². The number of anilines is 1. The highest BCUT2D eigenvalue weighted by molar-refractivity contribution is 8.00. The molecule has 2 heterocycles. The standard InChI is InChI=1S/C20H25N5O2S/c1-6-14(4)25-17(9-10-21-25)22-18(26)15(5)28-20-24-23-19(27-20)16-8-7-12(2)13(3)11-16/h7-11,14-15H,6H2,1-5H3,(H,22,26)/t14-,15-/m0/s1. The van der Waals surface area contributed by atoms with E-state index < -0.39 is 5.25 Å². The van der Waals surface area contributed by atoms with Gasteiger partial charge >= 0.3 is 0 Å². The first-order valence-electron chi connectivity index (χ1n) is 9.31. The molecular formula is C20H25N5O2S. The zero-order valence-electron chi connectivity index (χ0n) is 16.8. The van der Waals surface area contributed by atoms with Crippen molar-refractivity contribution in [1.82, 2.24) is 20.0 Å². The zero-order valence-corrected chi connectivity index (χ0v) is 17.6. The van der Waals surface area contributed by atoms with E-state index in [2.05, 4.69) is 41.4 Å². The van der Waals surface area contributed by atoms with Gasteiger partial charge in [-0.05, 0) is 57.4 Å². The minimum absolute atomic E-state index is 0.138. The Morgan fingerprint density at radius 1 is 1.21 bits per heavy atom. The molecule has 148 valence electrons. The molecule has 0 bridgehead atoms. The number of nitrogens with zero attached hydrogens (tertiary/aromatic N) is 4. The lowest BCUT2D eigenvalue weighted by atomic mass is 10.1. The van der Waals surface area contributed by atoms with Gasteiger partial charge in [-0.1, -0.05) is 24.8 Å². The second-order valence-electron chi connectivity index (χ2n) is 6.84. The smallest absolute Gasteiger partial charge is 0.277 e. The Balaban J connectivity index is 1.66. The summed E-state index contributed by atoms with van der Waals surface area (Å²) in [6.45, 7) is 10.1. The average molecular weight is 400 g/mol. The number of nitrogens with one attached hydrogen (secondary N) is 1. The van der Waals surface area contributed by atoms with Gasteiger partial charge in [-0.15, -0.1) is 10.2 Å². The number of carbonyl (C=O) groups is 1. The Kier molecular flexibility index (Phi) is 6.18. The summed E-state index contributed by atoms with van der Waals surface area (Å²) in [4.78, 5) is 12.6. The van der Waals surface area contributed by atoms with Crippen LogP contribution in [0.25, 0.3) is 11.5 Å². The number of hydrogen-bond acceptors (Lipinski definition) is 6. The summed E-state index contributed by atoms with van der Waals surface area (Å²) in [7, 11) is 0. The van der Waals surface area contributed by atoms with Gasteiger partial charge in [0.15, 0.2) is 0 Å². The van der Waals surface area contributed by atoms with Crippen molar-refractivity contribution in [3.63, 3.8) is 0 Å². The highest BCUT2D eigenvalue weighted by Crippen LogP contribution is 2.28. The van der Waals surface area contributed by atoms with Crippen LogP contribution in [0.1, 0.15) is 44.4 Å². The maximum atomic E-state index is 12.6. The molecule has 1 aromatic carbocycles. The molecule has 0 aliphatic carbocycles. The van der Waals surface area contributed by atoms with E-state index in [9.17, 15) is 4.79 Å². The van der Waals surface area contributed by atoms with Crippen LogP contribution in [-0.2, 0) is 4.79 Å². The van der Waals surface area contributed by atoms with Gasteiger partial charge in [0.2, 0.25) is 11.8 Å². The summed E-state index contributed by atoms with van der Waals surface area (Å²) in [5, 5.41) is 15.4. The average Bonchev–Trinajstić information content (AvgIpc) is 3.33. The summed E-state index contributed by atoms with van der Waals surface area (Å²) in [6, 6.07) is 8.01. The molecule has 0 saturated heterocycles. The quantitative estimate of drug-likeness (QED) is 0.583. The van der Waals surface area contributed by atoms with Crippen molar-refractivity contribution in [2.75, 3.05) is 5.32 Å². The molecule has 3 aromatic rings. The second-order valence-corrected chi connectivity index (χ2v) is 8.13. The molecule has 3 rings (SSSR count). The van der Waals surface area contributed by atoms with E-state index in [1.54, 1.807) is 12.3 Å². The van der Waals surface area contributed by atoms with Crippen LogP contribution in [0.15, 0.2) is 40.1 Å². The van der Waals surface area contributed by atoms with Gasteiger partial charge in [0.25, 0.3) is 5.22 Å². The summed E-state index contributed by atoms with van der Waals surface area (Å²) >= 11 is 1.23. The molecule has 0 aliphatic rings. The van der Waals surface area contributed by atoms with E-state index in [4.69, 9.17) is 4.42 Å². The van der Waals surface area contributed by atoms with Crippen LogP contribution in [0.4, 0.5) is 5.82 Å². The summed E-state index contributed by atoms with van der Waals surface area (Å²) in [6.07, 6.45) is 2.62. The molecule has 0 aliphatic heterocycles. The number of aromatic nitrogens is 4. The van der Waals surface area contributed by atoms with E-state index in [1.807, 2.05) is 36.7 Å². The first-order valence-corrected chi connectivity index (χ1v) is 10.2. The molecule has 0 radical (unpaired) electrons. The lowest BCUT2D eigenvalue weighted by Crippen LogP contribution is -2.24. The van der Waals surface area contributed by atoms with E-state index in [-0.39, 0.29) is 11.9 Å². The largest absolute Gasteiger partial charge is 0.411 e. The number of rotatable bonds is 7. The van der Waals surface area contributed by atoms with Crippen molar-refractivity contribution in [2.45, 2.75) is 57.6 Å². The molecule has 2 atom stereocenters. The molecule has 1 N–H and O–H groups in total. The van der Waals surface area contributed by atoms with E-state index in [0.29, 0.717) is 16.9 Å². The van der Waals surface area contributed by atoms with E-state index in [0.717, 1.165) is 17.5 Å². The van der Waals surface area contributed by atoms with Gasteiger partial charge in [0.1, 0.15) is 5.82 Å². The van der Waals surface area contributed by atoms with Crippen molar-refractivity contribution in [3.05, 3.63) is 41.6 Å². The van der Waals surface area contributed by atoms with Crippen LogP contribution in [-0.4, -0.2) is 31.1 Å². The second kappa shape index (κ2) is 8.60. The van der Waals surface area contributed by atoms with Crippen molar-refractivity contribution >= 4 is 23.5 Å². The molecule has 8 heteroatoms. The van der Waals surface area contributed by atoms with Crippen molar-refractivity contribution in [2.24, 2.45) is 0 Å². The van der Waals surface area contributed by atoms with Crippen LogP contribution in [0.2, 0.25) is 0 Å². The predicted octanol–water partition coefficient (Wildman–Crippen LogP) is 4.64. The zero-order chi connectivity index (χ0) is 20.3. The lowest BCUT2D eigenvalue weighted by molar-refractivity contribution is -0.115. The first-order chi connectivity index (χ1) is 13.4. The number of benzene rings is 1. The fourth-order valence-corrected chi connectivity index (χ4v) is 3.30. The fraction of sp³-hybridized carbons (Fsp3) is 0.400. The molecule has 28 heavy (non-hydrogen) atoms. The minimum atomic E-state index is -0.395. The Morgan fingerprint density at radius 3 is 2.71 bits per heavy atom. The predicted molar refractivity (Wildman–Crippen MR) is 110 cm³/mol. The number of carbonyl (C=O) groups excluding carboxylic acids is 1. The molecule has 0 spiro atoms. The van der Waals surface area contributed by atoms with E-state index >= 15 is 0 Å². The molecule has 1 amide bonds. The number of aryl methyl sites for hydroxylation is 2. The van der Waals surface area contributed by atoms with Gasteiger partial charge in [-0.2, -0.15) is 5.10 Å². The molecule has 0 unspecified atom stereocenters. The van der Waals surface area contributed by atoms with E-state index in [1.165, 1.54) is 17.3 Å². The topological polar surface area (TPSA) is 85.8 Å². The molecule has 2 aromatic heterocycles. The van der Waals surface area contributed by atoms with Crippen molar-refractivity contribution < 1.29 is 9.21 Å². The molecule has 0 fully saturated rings. The Hall–Kier alpha value is -2.61. The van der Waals surface area contributed by atoms with Crippen LogP contribution < -0.4 is 5.32 Å². The third kappa shape index (κ3) is 4.44. The SMILES string of the molecule is CC[C@H](C)n1nccc1NC(=O)[C@H](C)Sc1nnc(-c2ccc(C)c(C)c2)o1. The number of thioether (sulfide) groups is 1. The summed E-state index contributed by atoms with van der Waals surface area (Å²) in [5.74, 6) is 1.00. The Morgan fingerprint density at radius 2 is 2.00 bits per heavy atom. The first kappa shape index (κ1) is 20.1. The van der Waals surface area contributed by atoms with Crippen molar-refractivity contribution in [1.29, 1.82) is 0 Å². The van der Waals surface area contributed by atoms with Crippen LogP contribution in [0, 0.1) is 13.8 Å². The lowest BCUT2D eigenvalue weighted by Gasteiger charge is -2.15. The van der Waals surface area contributed by atoms with Gasteiger partial charge in [-0.3, -0.25) is 4.79 Å². The van der Waals surface area contributed by atoms with Crippen LogP contribution >= 0.6 is 11.8 Å². The third-order valence-electron chi connectivity index (χ3n) is 4.74. The Labute approximate surface area is 168 Å². The number of amides is 1. The van der Waals surface area contributed by atoms with Gasteiger partial charge in [-0.25, -0.2) is 4.68 Å². The van der Waals surface area contributed by atoms with Gasteiger partial charge in [0.05, 0.1) is 17.5 Å². The third-order valence-corrected chi connectivity index (χ3v) is 5.67. The molecular weight excluding hydrogens is 374 g/mol. The summed E-state index contributed by atoms with van der Waals surface area (Å²) in [5.41, 5.74) is 3.24.